The van der Waals surface area contributed by atoms with Crippen LogP contribution < -0.4 is 22.3 Å². The zero-order valence-corrected chi connectivity index (χ0v) is 11.2. The number of aryl methyl sites for hydroxylation is 1. The largest absolute Gasteiger partial charge is 0.405 e. The van der Waals surface area contributed by atoms with Gasteiger partial charge in [-0.05, 0) is 6.42 Å². The minimum Gasteiger partial charge on any atom is -0.393 e. The van der Waals surface area contributed by atoms with Crippen molar-refractivity contribution in [3.8, 4) is 0 Å². The molecule has 1 rings (SSSR count). The lowest BCUT2D eigenvalue weighted by molar-refractivity contribution is -0.138. The predicted molar refractivity (Wildman–Crippen MR) is 68.7 cm³/mol. The third-order valence-corrected chi connectivity index (χ3v) is 2.52. The van der Waals surface area contributed by atoms with Crippen LogP contribution in [0, 0.1) is 0 Å². The average Bonchev–Trinajstić information content (AvgIpc) is 2.38. The van der Waals surface area contributed by atoms with Crippen LogP contribution in [-0.4, -0.2) is 27.8 Å². The summed E-state index contributed by atoms with van der Waals surface area (Å²) in [4.78, 5) is 35.0. The van der Waals surface area contributed by atoms with Crippen LogP contribution in [0.1, 0.15) is 13.3 Å². The van der Waals surface area contributed by atoms with Crippen LogP contribution in [0.4, 0.5) is 18.9 Å². The van der Waals surface area contributed by atoms with Gasteiger partial charge in [0.25, 0.3) is 5.56 Å². The number of carbonyl (C=O) groups excluding carboxylic acids is 1. The Labute approximate surface area is 117 Å². The summed E-state index contributed by atoms with van der Waals surface area (Å²) in [5.41, 5.74) is 3.48. The van der Waals surface area contributed by atoms with Crippen molar-refractivity contribution in [1.82, 2.24) is 14.5 Å². The number of nitrogens with zero attached hydrogens (tertiary/aromatic N) is 2. The molecule has 21 heavy (non-hydrogen) atoms. The maximum atomic E-state index is 12.0. The SMILES string of the molecule is CCCn1cc(N)c(=O)n(CC(=O)NCC(F)(F)F)c1=O. The zero-order chi connectivity index (χ0) is 16.2. The van der Waals surface area contributed by atoms with E-state index in [0.29, 0.717) is 11.0 Å². The van der Waals surface area contributed by atoms with Crippen LogP contribution >= 0.6 is 0 Å². The van der Waals surface area contributed by atoms with Gasteiger partial charge < -0.3 is 11.1 Å². The maximum Gasteiger partial charge on any atom is 0.405 e. The van der Waals surface area contributed by atoms with E-state index in [4.69, 9.17) is 5.73 Å². The fourth-order valence-corrected chi connectivity index (χ4v) is 1.61. The molecule has 0 aliphatic carbocycles. The Morgan fingerprint density at radius 3 is 2.52 bits per heavy atom. The average molecular weight is 308 g/mol. The predicted octanol–water partition coefficient (Wildman–Crippen LogP) is -0.319. The molecule has 0 spiro atoms. The Hall–Kier alpha value is -2.26. The van der Waals surface area contributed by atoms with E-state index in [-0.39, 0.29) is 12.2 Å². The minimum absolute atomic E-state index is 0.258. The van der Waals surface area contributed by atoms with Crippen molar-refractivity contribution < 1.29 is 18.0 Å². The van der Waals surface area contributed by atoms with Crippen molar-refractivity contribution >= 4 is 11.6 Å². The molecule has 1 aromatic heterocycles. The summed E-state index contributed by atoms with van der Waals surface area (Å²) in [6.07, 6.45) is -2.84. The number of hydrogen-bond acceptors (Lipinski definition) is 4. The highest BCUT2D eigenvalue weighted by molar-refractivity contribution is 5.75. The van der Waals surface area contributed by atoms with E-state index in [1.54, 1.807) is 12.2 Å². The van der Waals surface area contributed by atoms with E-state index in [1.165, 1.54) is 0 Å². The second-order valence-corrected chi connectivity index (χ2v) is 4.34. The number of nitrogen functional groups attached to an aromatic ring is 1. The Morgan fingerprint density at radius 2 is 2.00 bits per heavy atom. The van der Waals surface area contributed by atoms with Gasteiger partial charge >= 0.3 is 11.9 Å². The van der Waals surface area contributed by atoms with Gasteiger partial charge in [0.2, 0.25) is 5.91 Å². The summed E-state index contributed by atoms with van der Waals surface area (Å²) in [5, 5.41) is 1.58. The van der Waals surface area contributed by atoms with Crippen molar-refractivity contribution in [2.24, 2.45) is 0 Å². The molecular formula is C11H15F3N4O3. The van der Waals surface area contributed by atoms with E-state index in [1.807, 2.05) is 0 Å². The Morgan fingerprint density at radius 1 is 1.38 bits per heavy atom. The lowest BCUT2D eigenvalue weighted by Crippen LogP contribution is -2.45. The molecule has 7 nitrogen and oxygen atoms in total. The summed E-state index contributed by atoms with van der Waals surface area (Å²) in [6.45, 7) is -0.295. The van der Waals surface area contributed by atoms with Crippen LogP contribution in [0.2, 0.25) is 0 Å². The highest BCUT2D eigenvalue weighted by Gasteiger charge is 2.27. The molecule has 1 amide bonds. The van der Waals surface area contributed by atoms with Crippen LogP contribution in [0.15, 0.2) is 15.8 Å². The molecule has 118 valence electrons. The van der Waals surface area contributed by atoms with Gasteiger partial charge in [0.05, 0.1) is 0 Å². The number of aromatic nitrogens is 2. The summed E-state index contributed by atoms with van der Waals surface area (Å²) in [6, 6.07) is 0. The molecule has 0 unspecified atom stereocenters. The van der Waals surface area contributed by atoms with E-state index >= 15 is 0 Å². The van der Waals surface area contributed by atoms with E-state index in [9.17, 15) is 27.6 Å². The monoisotopic (exact) mass is 308 g/mol. The van der Waals surface area contributed by atoms with Crippen LogP contribution in [-0.2, 0) is 17.9 Å². The number of carbonyl (C=O) groups is 1. The van der Waals surface area contributed by atoms with Crippen molar-refractivity contribution in [3.63, 3.8) is 0 Å². The topological polar surface area (TPSA) is 99.1 Å². The first kappa shape index (κ1) is 16.8. The Bertz CT molecular complexity index is 633. The first-order chi connectivity index (χ1) is 9.65. The first-order valence-electron chi connectivity index (χ1n) is 6.09. The highest BCUT2D eigenvalue weighted by Crippen LogP contribution is 2.11. The first-order valence-corrected chi connectivity index (χ1v) is 6.09. The molecule has 0 bridgehead atoms. The highest BCUT2D eigenvalue weighted by atomic mass is 19.4. The molecule has 0 radical (unpaired) electrons. The molecule has 1 heterocycles. The normalized spacial score (nSPS) is 11.4. The van der Waals surface area contributed by atoms with Gasteiger partial charge in [0.1, 0.15) is 18.8 Å². The maximum absolute atomic E-state index is 12.0. The van der Waals surface area contributed by atoms with Crippen molar-refractivity contribution in [3.05, 3.63) is 27.0 Å². The summed E-state index contributed by atoms with van der Waals surface area (Å²) in [5.74, 6) is -1.10. The lowest BCUT2D eigenvalue weighted by atomic mass is 10.4. The van der Waals surface area contributed by atoms with Gasteiger partial charge in [-0.25, -0.2) is 9.36 Å². The molecule has 10 heteroatoms. The Balaban J connectivity index is 3.00. The number of halogens is 3. The third-order valence-electron chi connectivity index (χ3n) is 2.52. The van der Waals surface area contributed by atoms with Gasteiger partial charge in [-0.15, -0.1) is 0 Å². The van der Waals surface area contributed by atoms with Crippen LogP contribution in [0.3, 0.4) is 0 Å². The molecule has 0 saturated heterocycles. The van der Waals surface area contributed by atoms with Gasteiger partial charge in [-0.3, -0.25) is 14.2 Å². The van der Waals surface area contributed by atoms with Gasteiger partial charge in [0.15, 0.2) is 0 Å². The molecule has 0 saturated carbocycles. The molecular weight excluding hydrogens is 293 g/mol. The number of alkyl halides is 3. The van der Waals surface area contributed by atoms with Crippen LogP contribution in [0.25, 0.3) is 0 Å². The smallest absolute Gasteiger partial charge is 0.393 e. The quantitative estimate of drug-likeness (QED) is 0.779. The van der Waals surface area contributed by atoms with Gasteiger partial charge in [0, 0.05) is 12.7 Å². The van der Waals surface area contributed by atoms with Gasteiger partial charge in [-0.1, -0.05) is 6.92 Å². The zero-order valence-electron chi connectivity index (χ0n) is 11.2. The Kier molecular flexibility index (Phi) is 5.17. The number of nitrogens with one attached hydrogen (secondary N) is 1. The molecule has 1 aromatic rings. The molecule has 0 aliphatic rings. The molecule has 0 atom stereocenters. The summed E-state index contributed by atoms with van der Waals surface area (Å²) >= 11 is 0. The van der Waals surface area contributed by atoms with E-state index < -0.39 is 36.4 Å². The van der Waals surface area contributed by atoms with Crippen molar-refractivity contribution in [2.45, 2.75) is 32.6 Å². The standard InChI is InChI=1S/C11H15F3N4O3/c1-2-3-17-4-7(15)9(20)18(10(17)21)5-8(19)16-6-11(12,13)14/h4H,2-3,5-6,15H2,1H3,(H,16,19). The molecule has 3 N–H and O–H groups in total. The second kappa shape index (κ2) is 6.46. The second-order valence-electron chi connectivity index (χ2n) is 4.34. The van der Waals surface area contributed by atoms with E-state index in [0.717, 1.165) is 10.8 Å². The molecule has 0 fully saturated rings. The van der Waals surface area contributed by atoms with Gasteiger partial charge in [-0.2, -0.15) is 13.2 Å². The summed E-state index contributed by atoms with van der Waals surface area (Å²) < 4.78 is 37.6. The van der Waals surface area contributed by atoms with Crippen LogP contribution in [0.5, 0.6) is 0 Å². The lowest BCUT2D eigenvalue weighted by Gasteiger charge is -2.12. The number of anilines is 1. The fourth-order valence-electron chi connectivity index (χ4n) is 1.61. The third kappa shape index (κ3) is 4.65. The number of rotatable bonds is 5. The number of nitrogens with two attached hydrogens (primary N) is 1. The number of hydrogen-bond donors (Lipinski definition) is 2. The van der Waals surface area contributed by atoms with Crippen molar-refractivity contribution in [2.75, 3.05) is 12.3 Å². The molecule has 0 aromatic carbocycles. The van der Waals surface area contributed by atoms with E-state index in [2.05, 4.69) is 0 Å². The fraction of sp³-hybridized carbons (Fsp3) is 0.545. The minimum atomic E-state index is -4.57. The summed E-state index contributed by atoms with van der Waals surface area (Å²) in [7, 11) is 0. The van der Waals surface area contributed by atoms with Crippen molar-refractivity contribution in [1.29, 1.82) is 0 Å². The number of amides is 1. The molecule has 0 aliphatic heterocycles.